The lowest BCUT2D eigenvalue weighted by molar-refractivity contribution is -0.385. The van der Waals surface area contributed by atoms with Crippen molar-refractivity contribution < 1.29 is 14.5 Å². The zero-order valence-corrected chi connectivity index (χ0v) is 11.5. The quantitative estimate of drug-likeness (QED) is 0.688. The summed E-state index contributed by atoms with van der Waals surface area (Å²) >= 11 is 0. The number of amides is 1. The number of nitrogens with zero attached hydrogens (tertiary/aromatic N) is 2. The fraction of sp³-hybridized carbons (Fsp3) is 0.143. The lowest BCUT2D eigenvalue weighted by Crippen LogP contribution is -2.13. The van der Waals surface area contributed by atoms with Gasteiger partial charge >= 0.3 is 0 Å². The maximum absolute atomic E-state index is 12.1. The number of carbonyl (C=O) groups is 1. The van der Waals surface area contributed by atoms with Gasteiger partial charge in [-0.2, -0.15) is 0 Å². The van der Waals surface area contributed by atoms with Crippen molar-refractivity contribution in [1.29, 1.82) is 0 Å². The van der Waals surface area contributed by atoms with E-state index in [2.05, 4.69) is 10.3 Å². The van der Waals surface area contributed by atoms with Gasteiger partial charge in [0, 0.05) is 11.1 Å². The summed E-state index contributed by atoms with van der Waals surface area (Å²) in [6.07, 6.45) is 1.12. The predicted octanol–water partition coefficient (Wildman–Crippen LogP) is 2.56. The summed E-state index contributed by atoms with van der Waals surface area (Å²) in [5.74, 6) is 0.455. The van der Waals surface area contributed by atoms with E-state index in [1.165, 1.54) is 13.2 Å². The van der Waals surface area contributed by atoms with Gasteiger partial charge in [-0.25, -0.2) is 4.98 Å². The molecule has 21 heavy (non-hydrogen) atoms. The molecule has 7 nitrogen and oxygen atoms in total. The topological polar surface area (TPSA) is 94.4 Å². The molecule has 0 aliphatic carbocycles. The van der Waals surface area contributed by atoms with Crippen LogP contribution in [0.3, 0.4) is 0 Å². The summed E-state index contributed by atoms with van der Waals surface area (Å²) in [5.41, 5.74) is 0.748. The third-order valence-corrected chi connectivity index (χ3v) is 2.85. The Balaban J connectivity index is 2.19. The van der Waals surface area contributed by atoms with Gasteiger partial charge in [0.2, 0.25) is 0 Å². The Hall–Kier alpha value is -2.96. The Bertz CT molecular complexity index is 700. The van der Waals surface area contributed by atoms with Crippen LogP contribution in [0.2, 0.25) is 0 Å². The maximum Gasteiger partial charge on any atom is 0.290 e. The van der Waals surface area contributed by atoms with Crippen LogP contribution in [-0.4, -0.2) is 22.9 Å². The van der Waals surface area contributed by atoms with Crippen molar-refractivity contribution in [2.45, 2.75) is 6.92 Å². The molecule has 2 aromatic rings. The van der Waals surface area contributed by atoms with Gasteiger partial charge in [0.15, 0.2) is 0 Å². The minimum atomic E-state index is -0.518. The Morgan fingerprint density at radius 1 is 1.38 bits per heavy atom. The normalized spacial score (nSPS) is 10.0. The van der Waals surface area contributed by atoms with Crippen LogP contribution in [0.15, 0.2) is 36.5 Å². The van der Waals surface area contributed by atoms with E-state index in [4.69, 9.17) is 4.74 Å². The highest BCUT2D eigenvalue weighted by atomic mass is 16.6. The molecule has 0 saturated heterocycles. The van der Waals surface area contributed by atoms with Crippen LogP contribution in [-0.2, 0) is 0 Å². The first kappa shape index (κ1) is 14.4. The minimum absolute atomic E-state index is 0.0885. The SMILES string of the molecule is COc1cccc(C(=O)Nc2cc(C)c([N+](=O)[O-])cn2)c1. The number of nitrogens with one attached hydrogen (secondary N) is 1. The van der Waals surface area contributed by atoms with Gasteiger partial charge in [-0.05, 0) is 31.2 Å². The Morgan fingerprint density at radius 3 is 2.76 bits per heavy atom. The van der Waals surface area contributed by atoms with Crippen molar-refractivity contribution in [2.75, 3.05) is 12.4 Å². The molecule has 0 saturated carbocycles. The number of rotatable bonds is 4. The number of ether oxygens (including phenoxy) is 1. The average molecular weight is 287 g/mol. The fourth-order valence-electron chi connectivity index (χ4n) is 1.76. The largest absolute Gasteiger partial charge is 0.497 e. The van der Waals surface area contributed by atoms with E-state index in [0.29, 0.717) is 16.9 Å². The molecule has 7 heteroatoms. The zero-order chi connectivity index (χ0) is 15.4. The standard InChI is InChI=1S/C14H13N3O4/c1-9-6-13(15-8-12(9)17(19)20)16-14(18)10-4-3-5-11(7-10)21-2/h3-8H,1-2H3,(H,15,16,18). The molecule has 0 fully saturated rings. The van der Waals surface area contributed by atoms with Crippen molar-refractivity contribution >= 4 is 17.4 Å². The molecule has 1 heterocycles. The van der Waals surface area contributed by atoms with Gasteiger partial charge < -0.3 is 10.1 Å². The van der Waals surface area contributed by atoms with Crippen LogP contribution in [0.1, 0.15) is 15.9 Å². The molecule has 108 valence electrons. The van der Waals surface area contributed by atoms with Gasteiger partial charge in [0.25, 0.3) is 11.6 Å². The number of methoxy groups -OCH3 is 1. The molecule has 0 radical (unpaired) electrons. The van der Waals surface area contributed by atoms with E-state index in [9.17, 15) is 14.9 Å². The molecule has 0 aliphatic rings. The predicted molar refractivity (Wildman–Crippen MR) is 76.6 cm³/mol. The molecule has 0 bridgehead atoms. The molecule has 1 aromatic heterocycles. The summed E-state index contributed by atoms with van der Waals surface area (Å²) in [6.45, 7) is 1.58. The third-order valence-electron chi connectivity index (χ3n) is 2.85. The first-order valence-corrected chi connectivity index (χ1v) is 6.07. The van der Waals surface area contributed by atoms with Gasteiger partial charge in [-0.3, -0.25) is 14.9 Å². The summed E-state index contributed by atoms with van der Waals surface area (Å²) < 4.78 is 5.05. The van der Waals surface area contributed by atoms with Crippen molar-refractivity contribution in [3.63, 3.8) is 0 Å². The van der Waals surface area contributed by atoms with E-state index in [1.807, 2.05) is 0 Å². The smallest absolute Gasteiger partial charge is 0.290 e. The van der Waals surface area contributed by atoms with Crippen molar-refractivity contribution in [1.82, 2.24) is 4.98 Å². The molecule has 1 N–H and O–H groups in total. The highest BCUT2D eigenvalue weighted by Crippen LogP contribution is 2.20. The Labute approximate surface area is 120 Å². The first-order chi connectivity index (χ1) is 10.0. The van der Waals surface area contributed by atoms with Gasteiger partial charge in [-0.15, -0.1) is 0 Å². The van der Waals surface area contributed by atoms with E-state index in [1.54, 1.807) is 31.2 Å². The minimum Gasteiger partial charge on any atom is -0.497 e. The number of hydrogen-bond acceptors (Lipinski definition) is 5. The number of anilines is 1. The van der Waals surface area contributed by atoms with Crippen LogP contribution in [0.5, 0.6) is 5.75 Å². The average Bonchev–Trinajstić information content (AvgIpc) is 2.47. The summed E-state index contributed by atoms with van der Waals surface area (Å²) in [7, 11) is 1.51. The van der Waals surface area contributed by atoms with Crippen LogP contribution in [0.25, 0.3) is 0 Å². The molecule has 0 spiro atoms. The van der Waals surface area contributed by atoms with E-state index < -0.39 is 4.92 Å². The zero-order valence-electron chi connectivity index (χ0n) is 11.5. The molecule has 0 aliphatic heterocycles. The number of benzene rings is 1. The lowest BCUT2D eigenvalue weighted by atomic mass is 10.2. The number of aryl methyl sites for hydroxylation is 1. The lowest BCUT2D eigenvalue weighted by Gasteiger charge is -2.06. The fourth-order valence-corrected chi connectivity index (χ4v) is 1.76. The second kappa shape index (κ2) is 6.00. The van der Waals surface area contributed by atoms with E-state index in [-0.39, 0.29) is 17.4 Å². The Kier molecular flexibility index (Phi) is 4.13. The molecule has 1 aromatic carbocycles. The van der Waals surface area contributed by atoms with Crippen LogP contribution in [0, 0.1) is 17.0 Å². The van der Waals surface area contributed by atoms with Crippen LogP contribution < -0.4 is 10.1 Å². The van der Waals surface area contributed by atoms with Crippen molar-refractivity contribution in [3.05, 3.63) is 57.8 Å². The summed E-state index contributed by atoms with van der Waals surface area (Å²) in [4.78, 5) is 26.1. The summed E-state index contributed by atoms with van der Waals surface area (Å²) in [5, 5.41) is 13.3. The molecule has 1 amide bonds. The Morgan fingerprint density at radius 2 is 2.14 bits per heavy atom. The second-order valence-electron chi connectivity index (χ2n) is 4.30. The molecule has 0 atom stereocenters. The van der Waals surface area contributed by atoms with Gasteiger partial charge in [-0.1, -0.05) is 6.07 Å². The van der Waals surface area contributed by atoms with Crippen molar-refractivity contribution in [3.8, 4) is 5.75 Å². The number of carbonyl (C=O) groups excluding carboxylic acids is 1. The third kappa shape index (κ3) is 3.33. The maximum atomic E-state index is 12.1. The van der Waals surface area contributed by atoms with Gasteiger partial charge in [0.05, 0.1) is 12.0 Å². The first-order valence-electron chi connectivity index (χ1n) is 6.07. The monoisotopic (exact) mass is 287 g/mol. The van der Waals surface area contributed by atoms with Crippen molar-refractivity contribution in [2.24, 2.45) is 0 Å². The number of aromatic nitrogens is 1. The molecular weight excluding hydrogens is 274 g/mol. The van der Waals surface area contributed by atoms with Crippen LogP contribution in [0.4, 0.5) is 11.5 Å². The van der Waals surface area contributed by atoms with Gasteiger partial charge in [0.1, 0.15) is 17.8 Å². The number of pyridine rings is 1. The number of nitro groups is 1. The van der Waals surface area contributed by atoms with E-state index >= 15 is 0 Å². The molecular formula is C14H13N3O4. The summed E-state index contributed by atoms with van der Waals surface area (Å²) in [6, 6.07) is 8.10. The molecule has 0 unspecified atom stereocenters. The number of hydrogen-bond donors (Lipinski definition) is 1. The molecule has 2 rings (SSSR count). The highest BCUT2D eigenvalue weighted by Gasteiger charge is 2.13. The van der Waals surface area contributed by atoms with E-state index in [0.717, 1.165) is 6.20 Å². The second-order valence-corrected chi connectivity index (χ2v) is 4.30. The highest BCUT2D eigenvalue weighted by molar-refractivity contribution is 6.04. The van der Waals surface area contributed by atoms with Crippen LogP contribution >= 0.6 is 0 Å².